The molecule has 11 heteroatoms. The normalized spacial score (nSPS) is 16.2. The minimum atomic E-state index is -1.53. The number of rotatable bonds is 14. The number of aromatic amines is 1. The average Bonchev–Trinajstić information content (AvgIpc) is 3.26. The van der Waals surface area contributed by atoms with E-state index in [1.807, 2.05) is 51.2 Å². The number of aromatic nitrogens is 1. The van der Waals surface area contributed by atoms with Gasteiger partial charge in [-0.05, 0) is 43.2 Å². The average molecular weight is 532 g/mol. The Labute approximate surface area is 222 Å². The molecule has 38 heavy (non-hydrogen) atoms. The van der Waals surface area contributed by atoms with Crippen molar-refractivity contribution in [3.63, 3.8) is 0 Å². The molecule has 2 aromatic rings. The van der Waals surface area contributed by atoms with E-state index >= 15 is 0 Å². The van der Waals surface area contributed by atoms with E-state index in [9.17, 15) is 29.4 Å². The SMILES string of the molecule is CCC(C)C(NC(=O)C(N)Cc1c[nH]c2ccccc12)C(=O)NC(CC(C)C)C(=O)NC(C(=O)O)C(C)O. The standard InChI is InChI=1S/C27H41N5O6/c1-6-15(4)22(31-24(34)19(28)12-17-13-29-20-10-8-7-9-18(17)20)26(36)30-21(11-14(2)3)25(35)32-23(16(5)33)27(37)38/h7-10,13-16,19,21-23,29,33H,6,11-12,28H2,1-5H3,(H,30,36)(H,31,34)(H,32,35)(H,37,38). The molecule has 3 amide bonds. The van der Waals surface area contributed by atoms with Gasteiger partial charge >= 0.3 is 5.97 Å². The molecule has 1 aromatic carbocycles. The fourth-order valence-electron chi connectivity index (χ4n) is 4.20. The molecule has 1 heterocycles. The van der Waals surface area contributed by atoms with Crippen LogP contribution in [0.25, 0.3) is 10.9 Å². The van der Waals surface area contributed by atoms with Crippen LogP contribution in [0.3, 0.4) is 0 Å². The number of aliphatic carboxylic acids is 1. The molecule has 6 unspecified atom stereocenters. The molecule has 0 bridgehead atoms. The molecule has 0 spiro atoms. The lowest BCUT2D eigenvalue weighted by Crippen LogP contribution is -2.59. The number of aliphatic hydroxyl groups is 1. The van der Waals surface area contributed by atoms with Crippen molar-refractivity contribution in [2.45, 2.75) is 84.2 Å². The Kier molecular flexibility index (Phi) is 11.3. The lowest BCUT2D eigenvalue weighted by atomic mass is 9.96. The molecule has 0 radical (unpaired) electrons. The van der Waals surface area contributed by atoms with E-state index in [1.165, 1.54) is 6.92 Å². The summed E-state index contributed by atoms with van der Waals surface area (Å²) in [4.78, 5) is 53.8. The number of hydrogen-bond donors (Lipinski definition) is 7. The van der Waals surface area contributed by atoms with E-state index in [4.69, 9.17) is 5.73 Å². The number of carbonyl (C=O) groups excluding carboxylic acids is 3. The molecule has 8 N–H and O–H groups in total. The summed E-state index contributed by atoms with van der Waals surface area (Å²) in [6.07, 6.45) is 1.53. The van der Waals surface area contributed by atoms with Crippen molar-refractivity contribution < 1.29 is 29.4 Å². The van der Waals surface area contributed by atoms with E-state index in [1.54, 1.807) is 6.92 Å². The van der Waals surface area contributed by atoms with Gasteiger partial charge in [0, 0.05) is 17.1 Å². The number of carbonyl (C=O) groups is 4. The minimum absolute atomic E-state index is 0.0119. The molecule has 6 atom stereocenters. The van der Waals surface area contributed by atoms with Gasteiger partial charge in [-0.1, -0.05) is 52.3 Å². The first-order valence-corrected chi connectivity index (χ1v) is 13.0. The summed E-state index contributed by atoms with van der Waals surface area (Å²) in [6.45, 7) is 8.65. The van der Waals surface area contributed by atoms with Gasteiger partial charge in [0.1, 0.15) is 12.1 Å². The highest BCUT2D eigenvalue weighted by Gasteiger charge is 2.33. The summed E-state index contributed by atoms with van der Waals surface area (Å²) in [6, 6.07) is 3.21. The van der Waals surface area contributed by atoms with Crippen LogP contribution in [0.4, 0.5) is 0 Å². The largest absolute Gasteiger partial charge is 0.480 e. The van der Waals surface area contributed by atoms with Crippen molar-refractivity contribution in [2.75, 3.05) is 0 Å². The highest BCUT2D eigenvalue weighted by molar-refractivity contribution is 5.94. The third-order valence-corrected chi connectivity index (χ3v) is 6.63. The molecular weight excluding hydrogens is 490 g/mol. The Morgan fingerprint density at radius 3 is 2.16 bits per heavy atom. The van der Waals surface area contributed by atoms with Crippen molar-refractivity contribution in [1.82, 2.24) is 20.9 Å². The summed E-state index contributed by atoms with van der Waals surface area (Å²) < 4.78 is 0. The Bertz CT molecular complexity index is 1110. The summed E-state index contributed by atoms with van der Waals surface area (Å²) in [7, 11) is 0. The lowest BCUT2D eigenvalue weighted by Gasteiger charge is -2.28. The predicted molar refractivity (Wildman–Crippen MR) is 144 cm³/mol. The summed E-state index contributed by atoms with van der Waals surface area (Å²) in [5, 5.41) is 27.7. The number of amides is 3. The maximum Gasteiger partial charge on any atom is 0.328 e. The Morgan fingerprint density at radius 2 is 1.58 bits per heavy atom. The van der Waals surface area contributed by atoms with E-state index in [2.05, 4.69) is 20.9 Å². The van der Waals surface area contributed by atoms with Crippen molar-refractivity contribution in [2.24, 2.45) is 17.6 Å². The third-order valence-electron chi connectivity index (χ3n) is 6.63. The molecule has 0 saturated carbocycles. The van der Waals surface area contributed by atoms with E-state index < -0.39 is 54.0 Å². The van der Waals surface area contributed by atoms with Gasteiger partial charge in [0.05, 0.1) is 12.1 Å². The number of benzene rings is 1. The maximum atomic E-state index is 13.3. The highest BCUT2D eigenvalue weighted by Crippen LogP contribution is 2.19. The van der Waals surface area contributed by atoms with E-state index in [-0.39, 0.29) is 24.7 Å². The van der Waals surface area contributed by atoms with Crippen LogP contribution in [0.2, 0.25) is 0 Å². The van der Waals surface area contributed by atoms with Crippen LogP contribution in [0, 0.1) is 11.8 Å². The smallest absolute Gasteiger partial charge is 0.328 e. The molecule has 11 nitrogen and oxygen atoms in total. The van der Waals surface area contributed by atoms with Crippen molar-refractivity contribution in [3.8, 4) is 0 Å². The van der Waals surface area contributed by atoms with Crippen LogP contribution in [0.5, 0.6) is 0 Å². The van der Waals surface area contributed by atoms with Crippen LogP contribution in [0.15, 0.2) is 30.5 Å². The first-order valence-electron chi connectivity index (χ1n) is 13.0. The number of para-hydroxylation sites is 1. The minimum Gasteiger partial charge on any atom is -0.480 e. The van der Waals surface area contributed by atoms with Crippen LogP contribution in [0.1, 0.15) is 53.0 Å². The second kappa shape index (κ2) is 13.9. The molecule has 0 aliphatic carbocycles. The number of carboxylic acid groups (broad SMARTS) is 1. The number of hydrogen-bond acceptors (Lipinski definition) is 6. The van der Waals surface area contributed by atoms with Gasteiger partial charge in [-0.25, -0.2) is 4.79 Å². The Hall–Kier alpha value is -3.44. The van der Waals surface area contributed by atoms with Gasteiger partial charge < -0.3 is 36.9 Å². The Balaban J connectivity index is 2.15. The fraction of sp³-hybridized carbons (Fsp3) is 0.556. The van der Waals surface area contributed by atoms with Crippen LogP contribution >= 0.6 is 0 Å². The van der Waals surface area contributed by atoms with Gasteiger partial charge in [0.2, 0.25) is 17.7 Å². The molecule has 0 fully saturated rings. The summed E-state index contributed by atoms with van der Waals surface area (Å²) >= 11 is 0. The first kappa shape index (κ1) is 30.8. The van der Waals surface area contributed by atoms with E-state index in [0.717, 1.165) is 16.5 Å². The molecular formula is C27H41N5O6. The zero-order chi connectivity index (χ0) is 28.6. The van der Waals surface area contributed by atoms with Crippen LogP contribution in [-0.2, 0) is 25.6 Å². The van der Waals surface area contributed by atoms with Crippen molar-refractivity contribution in [3.05, 3.63) is 36.0 Å². The number of fused-ring (bicyclic) bond motifs is 1. The van der Waals surface area contributed by atoms with E-state index in [0.29, 0.717) is 6.42 Å². The summed E-state index contributed by atoms with van der Waals surface area (Å²) in [5.74, 6) is -3.48. The topological polar surface area (TPSA) is 187 Å². The number of carboxylic acids is 1. The maximum absolute atomic E-state index is 13.3. The second-order valence-electron chi connectivity index (χ2n) is 10.3. The molecule has 0 saturated heterocycles. The van der Waals surface area contributed by atoms with Gasteiger partial charge in [-0.15, -0.1) is 0 Å². The van der Waals surface area contributed by atoms with Gasteiger partial charge in [0.15, 0.2) is 6.04 Å². The van der Waals surface area contributed by atoms with Crippen LogP contribution in [-0.4, -0.2) is 69.2 Å². The molecule has 210 valence electrons. The number of nitrogens with one attached hydrogen (secondary N) is 4. The third kappa shape index (κ3) is 8.29. The predicted octanol–water partition coefficient (Wildman–Crippen LogP) is 1.05. The molecule has 0 aliphatic rings. The van der Waals surface area contributed by atoms with Gasteiger partial charge in [-0.3, -0.25) is 14.4 Å². The van der Waals surface area contributed by atoms with Crippen LogP contribution < -0.4 is 21.7 Å². The molecule has 1 aromatic heterocycles. The molecule has 0 aliphatic heterocycles. The summed E-state index contributed by atoms with van der Waals surface area (Å²) in [5.41, 5.74) is 8.03. The van der Waals surface area contributed by atoms with Crippen molar-refractivity contribution in [1.29, 1.82) is 0 Å². The zero-order valence-electron chi connectivity index (χ0n) is 22.7. The zero-order valence-corrected chi connectivity index (χ0v) is 22.7. The first-order chi connectivity index (χ1) is 17.8. The van der Waals surface area contributed by atoms with Gasteiger partial charge in [0.25, 0.3) is 0 Å². The monoisotopic (exact) mass is 531 g/mol. The molecule has 2 rings (SSSR count). The fourth-order valence-corrected chi connectivity index (χ4v) is 4.20. The number of nitrogens with two attached hydrogens (primary N) is 1. The van der Waals surface area contributed by atoms with Crippen molar-refractivity contribution >= 4 is 34.6 Å². The lowest BCUT2D eigenvalue weighted by molar-refractivity contribution is -0.145. The second-order valence-corrected chi connectivity index (χ2v) is 10.3. The Morgan fingerprint density at radius 1 is 0.947 bits per heavy atom. The highest BCUT2D eigenvalue weighted by atomic mass is 16.4. The number of aliphatic hydroxyl groups excluding tert-OH is 1. The quantitative estimate of drug-likeness (QED) is 0.190. The number of H-pyrrole nitrogens is 1. The van der Waals surface area contributed by atoms with Gasteiger partial charge in [-0.2, -0.15) is 0 Å².